The fourth-order valence-electron chi connectivity index (χ4n) is 4.21. The summed E-state index contributed by atoms with van der Waals surface area (Å²) < 4.78 is 14.8. The topological polar surface area (TPSA) is 87.8 Å². The first-order chi connectivity index (χ1) is 16.6. The van der Waals surface area contributed by atoms with Crippen LogP contribution in [0.5, 0.6) is 0 Å². The Labute approximate surface area is 195 Å². The van der Waals surface area contributed by atoms with E-state index in [1.165, 1.54) is 24.3 Å². The van der Waals surface area contributed by atoms with Gasteiger partial charge in [-0.05, 0) is 35.4 Å². The first kappa shape index (κ1) is 21.3. The zero-order valence-electron chi connectivity index (χ0n) is 18.0. The van der Waals surface area contributed by atoms with E-state index in [9.17, 15) is 19.2 Å². The maximum atomic E-state index is 13.4. The molecule has 1 atom stereocenters. The number of carbonyl (C=O) groups is 2. The van der Waals surface area contributed by atoms with Gasteiger partial charge in [0.1, 0.15) is 11.5 Å². The number of hydrogen-bond donors (Lipinski definition) is 1. The molecular formula is C27H19FN4O2. The summed E-state index contributed by atoms with van der Waals surface area (Å²) in [6.07, 6.45) is 0.495. The summed E-state index contributed by atoms with van der Waals surface area (Å²) in [4.78, 5) is 26.2. The molecule has 1 aromatic heterocycles. The molecule has 0 spiro atoms. The van der Waals surface area contributed by atoms with E-state index in [1.54, 1.807) is 4.68 Å². The van der Waals surface area contributed by atoms with Crippen molar-refractivity contribution in [2.75, 3.05) is 0 Å². The maximum Gasteiger partial charge on any atom is 0.245 e. The van der Waals surface area contributed by atoms with Gasteiger partial charge in [-0.3, -0.25) is 9.59 Å². The molecule has 0 bridgehead atoms. The number of benzene rings is 3. The quantitative estimate of drug-likeness (QED) is 0.310. The lowest BCUT2D eigenvalue weighted by molar-refractivity contribution is -0.122. The van der Waals surface area contributed by atoms with Gasteiger partial charge in [0, 0.05) is 24.1 Å². The molecule has 34 heavy (non-hydrogen) atoms. The predicted octanol–water partition coefficient (Wildman–Crippen LogP) is 4.22. The third kappa shape index (κ3) is 3.76. The highest BCUT2D eigenvalue weighted by Gasteiger charge is 2.36. The molecule has 166 valence electrons. The summed E-state index contributed by atoms with van der Waals surface area (Å²) in [5, 5.41) is 16.9. The van der Waals surface area contributed by atoms with E-state index < -0.39 is 17.6 Å². The zero-order valence-corrected chi connectivity index (χ0v) is 18.0. The SMILES string of the molecule is N#CC(C(=O)NCc1ccc(F)cc1)C(=O)c1nn(-c2ccccc2)c2c1Cc1ccccc1-2. The van der Waals surface area contributed by atoms with E-state index in [0.717, 1.165) is 22.5 Å². The van der Waals surface area contributed by atoms with Crippen LogP contribution >= 0.6 is 0 Å². The van der Waals surface area contributed by atoms with Gasteiger partial charge in [0.05, 0.1) is 17.5 Å². The van der Waals surface area contributed by atoms with Crippen LogP contribution in [0.15, 0.2) is 78.9 Å². The van der Waals surface area contributed by atoms with Crippen molar-refractivity contribution in [2.45, 2.75) is 13.0 Å². The number of fused-ring (bicyclic) bond motifs is 3. The Balaban J connectivity index is 1.48. The number of hydrogen-bond acceptors (Lipinski definition) is 4. The van der Waals surface area contributed by atoms with E-state index in [0.29, 0.717) is 17.5 Å². The molecule has 3 aromatic carbocycles. The normalized spacial score (nSPS) is 12.4. The Morgan fingerprint density at radius 2 is 1.74 bits per heavy atom. The highest BCUT2D eigenvalue weighted by molar-refractivity contribution is 6.12. The van der Waals surface area contributed by atoms with Gasteiger partial charge in [-0.15, -0.1) is 0 Å². The molecule has 1 heterocycles. The highest BCUT2D eigenvalue weighted by Crippen LogP contribution is 2.40. The van der Waals surface area contributed by atoms with Crippen molar-refractivity contribution in [3.8, 4) is 23.0 Å². The van der Waals surface area contributed by atoms with Crippen LogP contribution in [0.4, 0.5) is 4.39 Å². The Morgan fingerprint density at radius 3 is 2.47 bits per heavy atom. The van der Waals surface area contributed by atoms with Crippen LogP contribution in [-0.2, 0) is 17.8 Å². The number of rotatable bonds is 6. The monoisotopic (exact) mass is 450 g/mol. The predicted molar refractivity (Wildman–Crippen MR) is 123 cm³/mol. The van der Waals surface area contributed by atoms with Crippen LogP contribution < -0.4 is 5.32 Å². The van der Waals surface area contributed by atoms with Crippen LogP contribution in [0.2, 0.25) is 0 Å². The standard InChI is InChI=1S/C27H19FN4O2/c28-19-12-10-17(11-13-19)16-30-27(34)23(15-29)26(33)24-22-14-18-6-4-5-9-21(18)25(22)32(31-24)20-7-2-1-3-8-20/h1-13,23H,14,16H2,(H,30,34). The van der Waals surface area contributed by atoms with Crippen LogP contribution in [0, 0.1) is 23.1 Å². The van der Waals surface area contributed by atoms with Gasteiger partial charge in [-0.1, -0.05) is 54.6 Å². The summed E-state index contributed by atoms with van der Waals surface area (Å²) in [6, 6.07) is 24.7. The number of Topliss-reactive ketones (excluding diaryl/α,β-unsaturated/α-hetero) is 1. The van der Waals surface area contributed by atoms with Crippen molar-refractivity contribution in [1.29, 1.82) is 5.26 Å². The minimum atomic E-state index is -1.55. The number of amides is 1. The molecular weight excluding hydrogens is 431 g/mol. The van der Waals surface area contributed by atoms with Gasteiger partial charge in [0.25, 0.3) is 0 Å². The number of aromatic nitrogens is 2. The van der Waals surface area contributed by atoms with Crippen molar-refractivity contribution in [3.05, 3.63) is 107 Å². The molecule has 5 rings (SSSR count). The largest absolute Gasteiger partial charge is 0.350 e. The van der Waals surface area contributed by atoms with Crippen LogP contribution in [0.1, 0.15) is 27.2 Å². The number of ketones is 1. The molecule has 1 amide bonds. The van der Waals surface area contributed by atoms with Gasteiger partial charge in [0.2, 0.25) is 11.7 Å². The molecule has 0 radical (unpaired) electrons. The van der Waals surface area contributed by atoms with Gasteiger partial charge < -0.3 is 5.32 Å². The summed E-state index contributed by atoms with van der Waals surface area (Å²) >= 11 is 0. The second kappa shape index (κ2) is 8.75. The minimum absolute atomic E-state index is 0.0760. The Bertz CT molecular complexity index is 1440. The first-order valence-electron chi connectivity index (χ1n) is 10.8. The Morgan fingerprint density at radius 1 is 1.03 bits per heavy atom. The number of carbonyl (C=O) groups excluding carboxylic acids is 2. The zero-order chi connectivity index (χ0) is 23.7. The van der Waals surface area contributed by atoms with Gasteiger partial charge in [-0.2, -0.15) is 10.4 Å². The summed E-state index contributed by atoms with van der Waals surface area (Å²) in [6.45, 7) is 0.0760. The van der Waals surface area contributed by atoms with E-state index in [1.807, 2.05) is 60.7 Å². The fraction of sp³-hybridized carbons (Fsp3) is 0.111. The number of nitrogens with zero attached hydrogens (tertiary/aromatic N) is 3. The van der Waals surface area contributed by atoms with E-state index in [4.69, 9.17) is 0 Å². The third-order valence-electron chi connectivity index (χ3n) is 5.89. The summed E-state index contributed by atoms with van der Waals surface area (Å²) in [7, 11) is 0. The molecule has 1 aliphatic carbocycles. The molecule has 0 fully saturated rings. The van der Waals surface area contributed by atoms with E-state index >= 15 is 0 Å². The number of para-hydroxylation sites is 1. The van der Waals surface area contributed by atoms with Crippen molar-refractivity contribution < 1.29 is 14.0 Å². The average Bonchev–Trinajstić information content (AvgIpc) is 3.42. The first-order valence-corrected chi connectivity index (χ1v) is 10.8. The second-order valence-corrected chi connectivity index (χ2v) is 8.03. The van der Waals surface area contributed by atoms with Crippen molar-refractivity contribution in [3.63, 3.8) is 0 Å². The molecule has 0 aliphatic heterocycles. The summed E-state index contributed by atoms with van der Waals surface area (Å²) in [5.41, 5.74) is 5.10. The number of nitrogens with one attached hydrogen (secondary N) is 1. The smallest absolute Gasteiger partial charge is 0.245 e. The number of halogens is 1. The van der Waals surface area contributed by atoms with Gasteiger partial charge in [0.15, 0.2) is 5.92 Å². The Hall–Kier alpha value is -4.57. The van der Waals surface area contributed by atoms with E-state index in [-0.39, 0.29) is 18.1 Å². The van der Waals surface area contributed by atoms with Gasteiger partial charge in [-0.25, -0.2) is 9.07 Å². The highest BCUT2D eigenvalue weighted by atomic mass is 19.1. The van der Waals surface area contributed by atoms with E-state index in [2.05, 4.69) is 10.4 Å². The second-order valence-electron chi connectivity index (χ2n) is 8.03. The third-order valence-corrected chi connectivity index (χ3v) is 5.89. The lowest BCUT2D eigenvalue weighted by atomic mass is 9.98. The maximum absolute atomic E-state index is 13.4. The van der Waals surface area contributed by atoms with Crippen LogP contribution in [0.3, 0.4) is 0 Å². The van der Waals surface area contributed by atoms with Gasteiger partial charge >= 0.3 is 0 Å². The van der Waals surface area contributed by atoms with Crippen molar-refractivity contribution in [2.24, 2.45) is 5.92 Å². The molecule has 0 saturated carbocycles. The molecule has 0 saturated heterocycles. The lowest BCUT2D eigenvalue weighted by Gasteiger charge is -2.10. The number of nitriles is 1. The molecule has 6 nitrogen and oxygen atoms in total. The summed E-state index contributed by atoms with van der Waals surface area (Å²) in [5.74, 6) is -3.29. The molecule has 1 aliphatic rings. The van der Waals surface area contributed by atoms with Crippen LogP contribution in [-0.4, -0.2) is 21.5 Å². The molecule has 1 unspecified atom stereocenters. The molecule has 7 heteroatoms. The van der Waals surface area contributed by atoms with Crippen LogP contribution in [0.25, 0.3) is 16.9 Å². The molecule has 1 N–H and O–H groups in total. The van der Waals surface area contributed by atoms with Crippen molar-refractivity contribution in [1.82, 2.24) is 15.1 Å². The Kier molecular flexibility index (Phi) is 5.48. The fourth-order valence-corrected chi connectivity index (χ4v) is 4.21. The molecule has 4 aromatic rings. The average molecular weight is 450 g/mol. The van der Waals surface area contributed by atoms with Crippen molar-refractivity contribution >= 4 is 11.7 Å². The minimum Gasteiger partial charge on any atom is -0.350 e. The lowest BCUT2D eigenvalue weighted by Crippen LogP contribution is -2.34.